The normalized spacial score (nSPS) is 14.8. The topological polar surface area (TPSA) is 47.0 Å². The Labute approximate surface area is 122 Å². The fraction of sp³-hybridized carbons (Fsp3) is 0.750. The van der Waals surface area contributed by atoms with Crippen LogP contribution in [-0.4, -0.2) is 29.2 Å². The molecule has 4 heteroatoms. The average molecular weight is 277 g/mol. The summed E-state index contributed by atoms with van der Waals surface area (Å²) in [6.07, 6.45) is 5.96. The zero-order valence-electron chi connectivity index (χ0n) is 13.0. The first-order valence-corrected chi connectivity index (χ1v) is 7.84. The Hall–Kier alpha value is -1.00. The van der Waals surface area contributed by atoms with Crippen molar-refractivity contribution in [1.29, 1.82) is 0 Å². The van der Waals surface area contributed by atoms with E-state index in [1.54, 1.807) is 0 Å². The zero-order chi connectivity index (χ0) is 14.4. The third-order valence-corrected chi connectivity index (χ3v) is 3.66. The molecule has 4 nitrogen and oxygen atoms in total. The highest BCUT2D eigenvalue weighted by Crippen LogP contribution is 2.19. The van der Waals surface area contributed by atoms with Crippen molar-refractivity contribution in [2.45, 2.75) is 65.5 Å². The number of nitrogens with one attached hydrogen (secondary N) is 1. The largest absolute Gasteiger partial charge is 0.373 e. The fourth-order valence-electron chi connectivity index (χ4n) is 2.40. The minimum absolute atomic E-state index is 0.527. The lowest BCUT2D eigenvalue weighted by Gasteiger charge is -2.11. The minimum atomic E-state index is 0.527. The lowest BCUT2D eigenvalue weighted by Crippen LogP contribution is -2.18. The molecule has 112 valence electrons. The van der Waals surface area contributed by atoms with Crippen LogP contribution in [0.25, 0.3) is 0 Å². The molecule has 0 bridgehead atoms. The molecule has 1 saturated carbocycles. The number of aromatic nitrogens is 2. The van der Waals surface area contributed by atoms with Gasteiger partial charge in [0.25, 0.3) is 0 Å². The van der Waals surface area contributed by atoms with Crippen LogP contribution < -0.4 is 5.32 Å². The zero-order valence-corrected chi connectivity index (χ0v) is 13.0. The van der Waals surface area contributed by atoms with Crippen LogP contribution in [0.2, 0.25) is 0 Å². The number of aryl methyl sites for hydroxylation is 2. The van der Waals surface area contributed by atoms with Gasteiger partial charge in [0.05, 0.1) is 0 Å². The van der Waals surface area contributed by atoms with Gasteiger partial charge in [-0.05, 0) is 58.1 Å². The second-order valence-electron chi connectivity index (χ2n) is 5.67. The molecule has 1 fully saturated rings. The van der Waals surface area contributed by atoms with Gasteiger partial charge in [0, 0.05) is 24.0 Å². The summed E-state index contributed by atoms with van der Waals surface area (Å²) in [5.74, 6) is 0.813. The van der Waals surface area contributed by atoms with Crippen molar-refractivity contribution < 1.29 is 4.74 Å². The highest BCUT2D eigenvalue weighted by molar-refractivity contribution is 5.24. The summed E-state index contributed by atoms with van der Waals surface area (Å²) in [5, 5.41) is 3.55. The SMILES string of the molecule is CCCOCc1nc(C)c(CCCNC2CC2)c(C)n1. The molecule has 0 amide bonds. The van der Waals surface area contributed by atoms with E-state index in [4.69, 9.17) is 4.74 Å². The van der Waals surface area contributed by atoms with Crippen LogP contribution in [0.15, 0.2) is 0 Å². The number of ether oxygens (including phenoxy) is 1. The Balaban J connectivity index is 1.84. The Bertz CT molecular complexity index is 407. The number of rotatable bonds is 9. The summed E-state index contributed by atoms with van der Waals surface area (Å²) in [7, 11) is 0. The maximum atomic E-state index is 5.52. The highest BCUT2D eigenvalue weighted by Gasteiger charge is 2.19. The van der Waals surface area contributed by atoms with Crippen molar-refractivity contribution in [2.75, 3.05) is 13.2 Å². The highest BCUT2D eigenvalue weighted by atomic mass is 16.5. The Morgan fingerprint density at radius 1 is 1.20 bits per heavy atom. The predicted molar refractivity (Wildman–Crippen MR) is 80.8 cm³/mol. The maximum Gasteiger partial charge on any atom is 0.154 e. The molecule has 1 aliphatic rings. The molecule has 1 aliphatic carbocycles. The van der Waals surface area contributed by atoms with Gasteiger partial charge in [-0.2, -0.15) is 0 Å². The second-order valence-corrected chi connectivity index (χ2v) is 5.67. The molecule has 0 unspecified atom stereocenters. The first-order chi connectivity index (χ1) is 9.70. The third kappa shape index (κ3) is 4.84. The minimum Gasteiger partial charge on any atom is -0.373 e. The van der Waals surface area contributed by atoms with Crippen molar-refractivity contribution in [1.82, 2.24) is 15.3 Å². The van der Waals surface area contributed by atoms with Gasteiger partial charge >= 0.3 is 0 Å². The molecule has 0 aromatic carbocycles. The van der Waals surface area contributed by atoms with Crippen molar-refractivity contribution in [3.8, 4) is 0 Å². The standard InChI is InChI=1S/C16H27N3O/c1-4-10-20-11-16-18-12(2)15(13(3)19-16)6-5-9-17-14-7-8-14/h14,17H,4-11H2,1-3H3. The molecule has 0 spiro atoms. The fourth-order valence-corrected chi connectivity index (χ4v) is 2.40. The number of hydrogen-bond acceptors (Lipinski definition) is 4. The lowest BCUT2D eigenvalue weighted by atomic mass is 10.1. The van der Waals surface area contributed by atoms with Crippen molar-refractivity contribution in [3.05, 3.63) is 22.8 Å². The molecule has 1 heterocycles. The average Bonchev–Trinajstić information content (AvgIpc) is 3.21. The van der Waals surface area contributed by atoms with Gasteiger partial charge in [0.15, 0.2) is 5.82 Å². The Morgan fingerprint density at radius 2 is 1.90 bits per heavy atom. The van der Waals surface area contributed by atoms with Gasteiger partial charge in [-0.1, -0.05) is 6.92 Å². The van der Waals surface area contributed by atoms with E-state index >= 15 is 0 Å². The van der Waals surface area contributed by atoms with Crippen LogP contribution in [0, 0.1) is 13.8 Å². The number of nitrogens with zero attached hydrogens (tertiary/aromatic N) is 2. The van der Waals surface area contributed by atoms with Crippen LogP contribution >= 0.6 is 0 Å². The van der Waals surface area contributed by atoms with Crippen molar-refractivity contribution >= 4 is 0 Å². The monoisotopic (exact) mass is 277 g/mol. The van der Waals surface area contributed by atoms with E-state index in [0.29, 0.717) is 6.61 Å². The van der Waals surface area contributed by atoms with Gasteiger partial charge in [0.1, 0.15) is 6.61 Å². The Morgan fingerprint density at radius 3 is 2.50 bits per heavy atom. The molecule has 0 radical (unpaired) electrons. The van der Waals surface area contributed by atoms with Crippen LogP contribution in [0.5, 0.6) is 0 Å². The summed E-state index contributed by atoms with van der Waals surface area (Å²) < 4.78 is 5.52. The maximum absolute atomic E-state index is 5.52. The summed E-state index contributed by atoms with van der Waals surface area (Å²) in [6, 6.07) is 0.798. The lowest BCUT2D eigenvalue weighted by molar-refractivity contribution is 0.116. The predicted octanol–water partition coefficient (Wildman–Crippen LogP) is 2.70. The second kappa shape index (κ2) is 7.70. The van der Waals surface area contributed by atoms with Crippen molar-refractivity contribution in [2.24, 2.45) is 0 Å². The smallest absolute Gasteiger partial charge is 0.154 e. The van der Waals surface area contributed by atoms with E-state index in [1.807, 2.05) is 0 Å². The molecule has 1 aromatic heterocycles. The van der Waals surface area contributed by atoms with E-state index in [2.05, 4.69) is 36.1 Å². The summed E-state index contributed by atoms with van der Waals surface area (Å²) >= 11 is 0. The van der Waals surface area contributed by atoms with Gasteiger partial charge in [-0.3, -0.25) is 0 Å². The van der Waals surface area contributed by atoms with Crippen LogP contribution in [-0.2, 0) is 17.8 Å². The van der Waals surface area contributed by atoms with E-state index in [-0.39, 0.29) is 0 Å². The van der Waals surface area contributed by atoms with Crippen molar-refractivity contribution in [3.63, 3.8) is 0 Å². The van der Waals surface area contributed by atoms with E-state index < -0.39 is 0 Å². The Kier molecular flexibility index (Phi) is 5.92. The molecule has 1 aromatic rings. The molecule has 20 heavy (non-hydrogen) atoms. The first-order valence-electron chi connectivity index (χ1n) is 7.84. The summed E-state index contributed by atoms with van der Waals surface area (Å²) in [4.78, 5) is 9.15. The van der Waals surface area contributed by atoms with Gasteiger partial charge in [0.2, 0.25) is 0 Å². The van der Waals surface area contributed by atoms with Crippen LogP contribution in [0.4, 0.5) is 0 Å². The molecular formula is C16H27N3O. The molecule has 0 aliphatic heterocycles. The molecule has 0 saturated heterocycles. The molecule has 1 N–H and O–H groups in total. The van der Waals surface area contributed by atoms with Gasteiger partial charge in [-0.15, -0.1) is 0 Å². The summed E-state index contributed by atoms with van der Waals surface area (Å²) in [5.41, 5.74) is 3.53. The van der Waals surface area contributed by atoms with E-state index in [1.165, 1.54) is 18.4 Å². The van der Waals surface area contributed by atoms with E-state index in [0.717, 1.165) is 55.7 Å². The van der Waals surface area contributed by atoms with Crippen LogP contribution in [0.1, 0.15) is 55.4 Å². The molecule has 2 rings (SSSR count). The molecular weight excluding hydrogens is 250 g/mol. The first kappa shape index (κ1) is 15.4. The third-order valence-electron chi connectivity index (χ3n) is 3.66. The summed E-state index contributed by atoms with van der Waals surface area (Å²) in [6.45, 7) is 8.68. The van der Waals surface area contributed by atoms with Gasteiger partial charge in [-0.25, -0.2) is 9.97 Å². The quantitative estimate of drug-likeness (QED) is 0.705. The molecule has 0 atom stereocenters. The number of hydrogen-bond donors (Lipinski definition) is 1. The van der Waals surface area contributed by atoms with Crippen LogP contribution in [0.3, 0.4) is 0 Å². The van der Waals surface area contributed by atoms with Gasteiger partial charge < -0.3 is 10.1 Å². The van der Waals surface area contributed by atoms with E-state index in [9.17, 15) is 0 Å².